The summed E-state index contributed by atoms with van der Waals surface area (Å²) in [4.78, 5) is 13.1. The molecule has 0 saturated heterocycles. The molecular formula is C35H54O12. The van der Waals surface area contributed by atoms with E-state index in [0.29, 0.717) is 130 Å². The normalized spacial score (nSPS) is 12.7. The zero-order chi connectivity index (χ0) is 33.5. The molecule has 12 nitrogen and oxygen atoms in total. The van der Waals surface area contributed by atoms with Crippen LogP contribution in [-0.2, 0) is 53.0 Å². The van der Waals surface area contributed by atoms with Crippen LogP contribution in [0.3, 0.4) is 0 Å². The Balaban J connectivity index is 1.32. The predicted octanol–water partition coefficient (Wildman–Crippen LogP) is 2.94. The molecule has 266 valence electrons. The van der Waals surface area contributed by atoms with Gasteiger partial charge >= 0.3 is 0 Å². The van der Waals surface area contributed by atoms with Crippen molar-refractivity contribution < 1.29 is 57.3 Å². The van der Waals surface area contributed by atoms with Crippen molar-refractivity contribution >= 4 is 5.78 Å². The third-order valence-corrected chi connectivity index (χ3v) is 6.53. The van der Waals surface area contributed by atoms with Gasteiger partial charge in [0.15, 0.2) is 5.60 Å². The molecule has 2 aromatic rings. The summed E-state index contributed by atoms with van der Waals surface area (Å²) in [6.07, 6.45) is 0. The molecule has 0 aliphatic carbocycles. The minimum Gasteiger partial charge on any atom is -0.379 e. The van der Waals surface area contributed by atoms with Crippen LogP contribution in [-0.4, -0.2) is 143 Å². The number of ether oxygens (including phenoxy) is 10. The third kappa shape index (κ3) is 19.9. The summed E-state index contributed by atoms with van der Waals surface area (Å²) in [7, 11) is 0. The van der Waals surface area contributed by atoms with Crippen molar-refractivity contribution in [2.24, 2.45) is 0 Å². The van der Waals surface area contributed by atoms with Crippen LogP contribution < -0.4 is 0 Å². The van der Waals surface area contributed by atoms with Gasteiger partial charge in [-0.1, -0.05) is 60.7 Å². The minimum atomic E-state index is -1.79. The topological polar surface area (TPSA) is 130 Å². The molecule has 2 aromatic carbocycles. The Morgan fingerprint density at radius 2 is 0.766 bits per heavy atom. The van der Waals surface area contributed by atoms with Crippen LogP contribution in [0.1, 0.15) is 22.8 Å². The van der Waals surface area contributed by atoms with Crippen LogP contribution in [0.15, 0.2) is 60.7 Å². The zero-order valence-electron chi connectivity index (χ0n) is 27.9. The molecule has 0 aliphatic heterocycles. The molecule has 1 atom stereocenters. The molecular weight excluding hydrogens is 612 g/mol. The van der Waals surface area contributed by atoms with Gasteiger partial charge in [-0.05, 0) is 12.5 Å². The Kier molecular flexibility index (Phi) is 24.9. The third-order valence-electron chi connectivity index (χ3n) is 6.53. The second-order valence-corrected chi connectivity index (χ2v) is 10.1. The SMILES string of the molecule is CCOCCOCCOCCOCCOCCOCCOCCOCCOCCOCC(O)(C(=O)c1ccccc1)c1ccccc1. The van der Waals surface area contributed by atoms with Crippen LogP contribution >= 0.6 is 0 Å². The molecule has 0 amide bonds. The lowest BCUT2D eigenvalue weighted by Gasteiger charge is -2.27. The number of hydrogen-bond acceptors (Lipinski definition) is 12. The Labute approximate surface area is 279 Å². The van der Waals surface area contributed by atoms with Crippen molar-refractivity contribution in [3.05, 3.63) is 71.8 Å². The van der Waals surface area contributed by atoms with Gasteiger partial charge in [0.25, 0.3) is 0 Å². The largest absolute Gasteiger partial charge is 0.379 e. The second-order valence-electron chi connectivity index (χ2n) is 10.1. The molecule has 1 unspecified atom stereocenters. The summed E-state index contributed by atoms with van der Waals surface area (Å²) in [5, 5.41) is 11.3. The van der Waals surface area contributed by atoms with E-state index in [2.05, 4.69) is 0 Å². The lowest BCUT2D eigenvalue weighted by atomic mass is 9.86. The molecule has 47 heavy (non-hydrogen) atoms. The summed E-state index contributed by atoms with van der Waals surface area (Å²) in [6.45, 7) is 11.0. The number of hydrogen-bond donors (Lipinski definition) is 1. The van der Waals surface area contributed by atoms with Crippen LogP contribution in [0.2, 0.25) is 0 Å². The first kappa shape index (κ1) is 40.8. The van der Waals surface area contributed by atoms with E-state index in [9.17, 15) is 9.90 Å². The average Bonchev–Trinajstić information content (AvgIpc) is 3.11. The Morgan fingerprint density at radius 1 is 0.468 bits per heavy atom. The van der Waals surface area contributed by atoms with Crippen molar-refractivity contribution in [3.63, 3.8) is 0 Å². The fourth-order valence-corrected chi connectivity index (χ4v) is 4.06. The number of benzene rings is 2. The Bertz CT molecular complexity index is 981. The smallest absolute Gasteiger partial charge is 0.201 e. The fourth-order valence-electron chi connectivity index (χ4n) is 4.06. The van der Waals surface area contributed by atoms with Crippen LogP contribution in [0.4, 0.5) is 0 Å². The van der Waals surface area contributed by atoms with Gasteiger partial charge in [0, 0.05) is 12.2 Å². The number of rotatable bonds is 33. The first-order chi connectivity index (χ1) is 23.2. The standard InChI is InChI=1S/C35H54O12/c1-2-38-13-14-39-15-16-40-17-18-41-19-20-42-21-22-43-23-24-44-25-26-45-27-28-46-29-30-47-31-35(37,33-11-7-4-8-12-33)34(36)32-9-5-3-6-10-32/h3-12,37H,2,13-31H2,1H3. The highest BCUT2D eigenvalue weighted by Gasteiger charge is 2.38. The summed E-state index contributed by atoms with van der Waals surface area (Å²) in [5.41, 5.74) is -0.898. The summed E-state index contributed by atoms with van der Waals surface area (Å²) in [5.74, 6) is -0.413. The minimum absolute atomic E-state index is 0.183. The molecule has 12 heteroatoms. The van der Waals surface area contributed by atoms with E-state index in [-0.39, 0.29) is 13.2 Å². The maximum absolute atomic E-state index is 13.1. The summed E-state index contributed by atoms with van der Waals surface area (Å²) < 4.78 is 54.6. The number of Topliss-reactive ketones (excluding diaryl/α,β-unsaturated/α-hetero) is 1. The molecule has 0 saturated carbocycles. The summed E-state index contributed by atoms with van der Waals surface area (Å²) in [6, 6.07) is 17.5. The highest BCUT2D eigenvalue weighted by atomic mass is 16.6. The maximum Gasteiger partial charge on any atom is 0.201 e. The van der Waals surface area contributed by atoms with E-state index >= 15 is 0 Å². The maximum atomic E-state index is 13.1. The Hall–Kier alpha value is -2.33. The van der Waals surface area contributed by atoms with Crippen molar-refractivity contribution in [2.75, 3.05) is 132 Å². The molecule has 0 heterocycles. The number of carbonyl (C=O) groups is 1. The highest BCUT2D eigenvalue weighted by molar-refractivity contribution is 6.03. The zero-order valence-corrected chi connectivity index (χ0v) is 27.9. The van der Waals surface area contributed by atoms with Gasteiger partial charge in [-0.2, -0.15) is 0 Å². The van der Waals surface area contributed by atoms with E-state index < -0.39 is 11.4 Å². The lowest BCUT2D eigenvalue weighted by Crippen LogP contribution is -2.41. The first-order valence-electron chi connectivity index (χ1n) is 16.3. The fraction of sp³-hybridized carbons (Fsp3) is 0.629. The average molecular weight is 667 g/mol. The second kappa shape index (κ2) is 28.7. The number of carbonyl (C=O) groups excluding carboxylic acids is 1. The molecule has 1 N–H and O–H groups in total. The first-order valence-corrected chi connectivity index (χ1v) is 16.3. The van der Waals surface area contributed by atoms with E-state index in [4.69, 9.17) is 47.4 Å². The van der Waals surface area contributed by atoms with Crippen molar-refractivity contribution in [1.82, 2.24) is 0 Å². The quantitative estimate of drug-likeness (QED) is 0.0889. The van der Waals surface area contributed by atoms with Crippen LogP contribution in [0, 0.1) is 0 Å². The van der Waals surface area contributed by atoms with Gasteiger partial charge < -0.3 is 52.5 Å². The van der Waals surface area contributed by atoms with Gasteiger partial charge in [-0.15, -0.1) is 0 Å². The Morgan fingerprint density at radius 3 is 1.11 bits per heavy atom. The number of ketones is 1. The molecule has 0 radical (unpaired) electrons. The number of aliphatic hydroxyl groups is 1. The van der Waals surface area contributed by atoms with Crippen molar-refractivity contribution in [2.45, 2.75) is 12.5 Å². The molecule has 0 aliphatic rings. The van der Waals surface area contributed by atoms with Crippen LogP contribution in [0.25, 0.3) is 0 Å². The lowest BCUT2D eigenvalue weighted by molar-refractivity contribution is -0.0498. The van der Waals surface area contributed by atoms with Gasteiger partial charge in [0.2, 0.25) is 5.78 Å². The van der Waals surface area contributed by atoms with E-state index in [1.165, 1.54) is 0 Å². The predicted molar refractivity (Wildman–Crippen MR) is 175 cm³/mol. The van der Waals surface area contributed by atoms with Crippen molar-refractivity contribution in [1.29, 1.82) is 0 Å². The van der Waals surface area contributed by atoms with Crippen molar-refractivity contribution in [3.8, 4) is 0 Å². The van der Waals surface area contributed by atoms with E-state index in [1.807, 2.05) is 19.1 Å². The molecule has 0 aromatic heterocycles. The van der Waals surface area contributed by atoms with Gasteiger partial charge in [0.1, 0.15) is 0 Å². The summed E-state index contributed by atoms with van der Waals surface area (Å²) >= 11 is 0. The van der Waals surface area contributed by atoms with E-state index in [0.717, 1.165) is 0 Å². The molecule has 0 spiro atoms. The van der Waals surface area contributed by atoms with Gasteiger partial charge in [-0.25, -0.2) is 0 Å². The monoisotopic (exact) mass is 666 g/mol. The van der Waals surface area contributed by atoms with Gasteiger partial charge in [0.05, 0.1) is 126 Å². The highest BCUT2D eigenvalue weighted by Crippen LogP contribution is 2.26. The van der Waals surface area contributed by atoms with Gasteiger partial charge in [-0.3, -0.25) is 4.79 Å². The van der Waals surface area contributed by atoms with E-state index in [1.54, 1.807) is 48.5 Å². The van der Waals surface area contributed by atoms with Crippen LogP contribution in [0.5, 0.6) is 0 Å². The molecule has 2 rings (SSSR count). The molecule has 0 fully saturated rings. The molecule has 0 bridgehead atoms.